The van der Waals surface area contributed by atoms with Crippen LogP contribution in [0.1, 0.15) is 0 Å². The number of sulfonamides is 1. The predicted molar refractivity (Wildman–Crippen MR) is 71.7 cm³/mol. The Hall–Kier alpha value is -0.440. The van der Waals surface area contributed by atoms with Gasteiger partial charge in [-0.15, -0.1) is 0 Å². The van der Waals surface area contributed by atoms with Crippen LogP contribution in [0.4, 0.5) is 0 Å². The van der Waals surface area contributed by atoms with Crippen LogP contribution >= 0.6 is 31.9 Å². The highest BCUT2D eigenvalue weighted by Crippen LogP contribution is 2.31. The molecule has 0 saturated carbocycles. The number of benzene rings is 1. The standard InChI is InChI=1S/C10H9Br2NO4S/c11-7-1-2-8(12)9(3-7)18(16,17)13-4-6(5-13)10(14)15/h1-3,6H,4-5H2,(H,14,15). The van der Waals surface area contributed by atoms with Crippen molar-refractivity contribution >= 4 is 47.9 Å². The largest absolute Gasteiger partial charge is 0.481 e. The Morgan fingerprint density at radius 2 is 1.94 bits per heavy atom. The third kappa shape index (κ3) is 2.47. The molecule has 0 atom stereocenters. The zero-order valence-corrected chi connectivity index (χ0v) is 13.0. The van der Waals surface area contributed by atoms with E-state index in [1.807, 2.05) is 0 Å². The lowest BCUT2D eigenvalue weighted by molar-refractivity contribution is -0.145. The minimum Gasteiger partial charge on any atom is -0.481 e. The van der Waals surface area contributed by atoms with E-state index in [2.05, 4.69) is 31.9 Å². The molecule has 1 aromatic rings. The number of hydrogen-bond acceptors (Lipinski definition) is 3. The Bertz CT molecular complexity index is 596. The first kappa shape index (κ1) is 14.0. The topological polar surface area (TPSA) is 74.7 Å². The first-order valence-electron chi connectivity index (χ1n) is 5.00. The van der Waals surface area contributed by atoms with Gasteiger partial charge in [0.05, 0.1) is 10.8 Å². The van der Waals surface area contributed by atoms with Gasteiger partial charge in [0, 0.05) is 22.0 Å². The summed E-state index contributed by atoms with van der Waals surface area (Å²) in [5.74, 6) is -1.57. The minimum absolute atomic E-state index is 0.0244. The molecule has 1 aliphatic heterocycles. The van der Waals surface area contributed by atoms with Crippen LogP contribution in [-0.2, 0) is 14.8 Å². The second kappa shape index (κ2) is 4.92. The van der Waals surface area contributed by atoms with E-state index >= 15 is 0 Å². The van der Waals surface area contributed by atoms with Crippen LogP contribution in [0.15, 0.2) is 32.0 Å². The second-order valence-electron chi connectivity index (χ2n) is 3.93. The highest BCUT2D eigenvalue weighted by Gasteiger charge is 2.41. The third-order valence-corrected chi connectivity index (χ3v) is 6.03. The maximum Gasteiger partial charge on any atom is 0.309 e. The number of halogens is 2. The van der Waals surface area contributed by atoms with Gasteiger partial charge in [-0.1, -0.05) is 15.9 Å². The number of carboxylic acids is 1. The molecule has 5 nitrogen and oxygen atoms in total. The molecule has 8 heteroatoms. The fourth-order valence-corrected chi connectivity index (χ4v) is 4.60. The van der Waals surface area contributed by atoms with Crippen LogP contribution in [0.3, 0.4) is 0 Å². The van der Waals surface area contributed by atoms with Gasteiger partial charge in [-0.3, -0.25) is 4.79 Å². The summed E-state index contributed by atoms with van der Waals surface area (Å²) >= 11 is 6.40. The molecule has 0 radical (unpaired) electrons. The van der Waals surface area contributed by atoms with Gasteiger partial charge >= 0.3 is 5.97 Å². The van der Waals surface area contributed by atoms with Gasteiger partial charge in [0.2, 0.25) is 10.0 Å². The highest BCUT2D eigenvalue weighted by atomic mass is 79.9. The molecule has 98 valence electrons. The molecule has 1 aliphatic rings. The molecule has 1 heterocycles. The van der Waals surface area contributed by atoms with Crippen molar-refractivity contribution in [2.75, 3.05) is 13.1 Å². The van der Waals surface area contributed by atoms with E-state index in [0.29, 0.717) is 8.95 Å². The van der Waals surface area contributed by atoms with Gasteiger partial charge in [-0.2, -0.15) is 4.31 Å². The number of carbonyl (C=O) groups is 1. The number of aliphatic carboxylic acids is 1. The van der Waals surface area contributed by atoms with Crippen molar-refractivity contribution in [1.82, 2.24) is 4.31 Å². The van der Waals surface area contributed by atoms with Gasteiger partial charge in [0.25, 0.3) is 0 Å². The molecule has 2 rings (SSSR count). The van der Waals surface area contributed by atoms with E-state index in [1.165, 1.54) is 6.07 Å². The molecule has 1 fully saturated rings. The Balaban J connectivity index is 2.28. The summed E-state index contributed by atoms with van der Waals surface area (Å²) in [4.78, 5) is 10.8. The summed E-state index contributed by atoms with van der Waals surface area (Å²) in [7, 11) is -3.63. The molecule has 0 amide bonds. The lowest BCUT2D eigenvalue weighted by atomic mass is 10.0. The van der Waals surface area contributed by atoms with E-state index in [4.69, 9.17) is 5.11 Å². The van der Waals surface area contributed by atoms with Crippen LogP contribution in [0.5, 0.6) is 0 Å². The summed E-state index contributed by atoms with van der Waals surface area (Å²) in [5, 5.41) is 8.75. The van der Waals surface area contributed by atoms with E-state index in [9.17, 15) is 13.2 Å². The molecular weight excluding hydrogens is 390 g/mol. The maximum atomic E-state index is 12.2. The smallest absolute Gasteiger partial charge is 0.309 e. The lowest BCUT2D eigenvalue weighted by Crippen LogP contribution is -2.52. The third-order valence-electron chi connectivity index (χ3n) is 2.71. The lowest BCUT2D eigenvalue weighted by Gasteiger charge is -2.35. The van der Waals surface area contributed by atoms with E-state index < -0.39 is 21.9 Å². The second-order valence-corrected chi connectivity index (χ2v) is 7.61. The van der Waals surface area contributed by atoms with Crippen LogP contribution in [0.2, 0.25) is 0 Å². The van der Waals surface area contributed by atoms with Gasteiger partial charge in [-0.25, -0.2) is 8.42 Å². The monoisotopic (exact) mass is 397 g/mol. The predicted octanol–water partition coefficient (Wildman–Crippen LogP) is 1.92. The summed E-state index contributed by atoms with van der Waals surface area (Å²) in [6.45, 7) is 0.0488. The van der Waals surface area contributed by atoms with Crippen molar-refractivity contribution in [3.63, 3.8) is 0 Å². The van der Waals surface area contributed by atoms with Gasteiger partial charge in [0.15, 0.2) is 0 Å². The Labute approximate surface area is 121 Å². The number of nitrogens with zero attached hydrogens (tertiary/aromatic N) is 1. The van der Waals surface area contributed by atoms with E-state index in [-0.39, 0.29) is 18.0 Å². The maximum absolute atomic E-state index is 12.2. The first-order valence-corrected chi connectivity index (χ1v) is 8.03. The molecule has 0 unspecified atom stereocenters. The quantitative estimate of drug-likeness (QED) is 0.843. The fourth-order valence-electron chi connectivity index (χ4n) is 1.60. The molecule has 1 saturated heterocycles. The summed E-state index contributed by atoms with van der Waals surface area (Å²) in [6.07, 6.45) is 0. The van der Waals surface area contributed by atoms with Crippen molar-refractivity contribution in [2.24, 2.45) is 5.92 Å². The van der Waals surface area contributed by atoms with Crippen LogP contribution in [0.25, 0.3) is 0 Å². The van der Waals surface area contributed by atoms with E-state index in [1.54, 1.807) is 12.1 Å². The Morgan fingerprint density at radius 1 is 1.33 bits per heavy atom. The molecule has 1 N–H and O–H groups in total. The van der Waals surface area contributed by atoms with Gasteiger partial charge in [0.1, 0.15) is 0 Å². The van der Waals surface area contributed by atoms with Crippen LogP contribution in [-0.4, -0.2) is 36.9 Å². The van der Waals surface area contributed by atoms with Crippen molar-refractivity contribution in [2.45, 2.75) is 4.90 Å². The highest BCUT2D eigenvalue weighted by molar-refractivity contribution is 9.11. The van der Waals surface area contributed by atoms with Crippen LogP contribution < -0.4 is 0 Å². The molecule has 0 spiro atoms. The van der Waals surface area contributed by atoms with Crippen molar-refractivity contribution < 1.29 is 18.3 Å². The number of rotatable bonds is 3. The van der Waals surface area contributed by atoms with Crippen molar-refractivity contribution in [1.29, 1.82) is 0 Å². The fraction of sp³-hybridized carbons (Fsp3) is 0.300. The number of carboxylic acid groups (broad SMARTS) is 1. The van der Waals surface area contributed by atoms with Crippen molar-refractivity contribution in [3.05, 3.63) is 27.1 Å². The molecule has 0 aliphatic carbocycles. The molecule has 0 aromatic heterocycles. The average Bonchev–Trinajstić information content (AvgIpc) is 2.18. The molecule has 0 bridgehead atoms. The zero-order valence-electron chi connectivity index (χ0n) is 9.01. The summed E-state index contributed by atoms with van der Waals surface area (Å²) < 4.78 is 26.8. The molecule has 1 aromatic carbocycles. The molecular formula is C10H9Br2NO4S. The number of hydrogen-bond donors (Lipinski definition) is 1. The molecule has 18 heavy (non-hydrogen) atoms. The average molecular weight is 399 g/mol. The summed E-state index contributed by atoms with van der Waals surface area (Å²) in [6, 6.07) is 4.85. The Kier molecular flexibility index (Phi) is 3.82. The van der Waals surface area contributed by atoms with Gasteiger partial charge in [-0.05, 0) is 34.1 Å². The van der Waals surface area contributed by atoms with Crippen LogP contribution in [0, 0.1) is 5.92 Å². The summed E-state index contributed by atoms with van der Waals surface area (Å²) in [5.41, 5.74) is 0. The van der Waals surface area contributed by atoms with E-state index in [0.717, 1.165) is 4.31 Å². The van der Waals surface area contributed by atoms with Gasteiger partial charge < -0.3 is 5.11 Å². The minimum atomic E-state index is -3.63. The normalized spacial score (nSPS) is 17.4. The first-order chi connectivity index (χ1) is 8.32. The van der Waals surface area contributed by atoms with Crippen molar-refractivity contribution in [3.8, 4) is 0 Å². The SMILES string of the molecule is O=C(O)C1CN(S(=O)(=O)c2cc(Br)ccc2Br)C1. The zero-order chi connectivity index (χ0) is 13.5. The Morgan fingerprint density at radius 3 is 2.50 bits per heavy atom.